The maximum atomic E-state index is 4.29. The van der Waals surface area contributed by atoms with E-state index in [1.807, 2.05) is 25.0 Å². The van der Waals surface area contributed by atoms with Gasteiger partial charge in [-0.25, -0.2) is 0 Å². The second-order valence-electron chi connectivity index (χ2n) is 6.32. The Morgan fingerprint density at radius 2 is 1.96 bits per heavy atom. The van der Waals surface area contributed by atoms with Crippen molar-refractivity contribution in [1.82, 2.24) is 20.4 Å². The van der Waals surface area contributed by atoms with E-state index < -0.39 is 0 Å². The van der Waals surface area contributed by atoms with Crippen molar-refractivity contribution in [3.8, 4) is 0 Å². The monoisotopic (exact) mass is 455 g/mol. The number of benzene rings is 1. The highest BCUT2D eigenvalue weighted by atomic mass is 127. The fourth-order valence-electron chi connectivity index (χ4n) is 2.58. The molecular weight excluding hydrogens is 425 g/mol. The van der Waals surface area contributed by atoms with Gasteiger partial charge >= 0.3 is 0 Å². The number of hydrogen-bond donors (Lipinski definition) is 2. The van der Waals surface area contributed by atoms with Crippen molar-refractivity contribution < 1.29 is 0 Å². The molecule has 2 aromatic rings. The molecule has 1 unspecified atom stereocenters. The Kier molecular flexibility index (Phi) is 9.55. The third-order valence-corrected chi connectivity index (χ3v) is 4.14. The SMILES string of the molecule is CN=C(NCCCc1cnn(C)c1)NCC(C)c1ccc(C)cc1.I. The molecule has 0 spiro atoms. The first-order valence-electron chi connectivity index (χ1n) is 8.57. The van der Waals surface area contributed by atoms with Crippen molar-refractivity contribution in [2.24, 2.45) is 12.0 Å². The van der Waals surface area contributed by atoms with Gasteiger partial charge < -0.3 is 10.6 Å². The summed E-state index contributed by atoms with van der Waals surface area (Å²) >= 11 is 0. The Morgan fingerprint density at radius 3 is 2.56 bits per heavy atom. The van der Waals surface area contributed by atoms with Crippen LogP contribution in [0.5, 0.6) is 0 Å². The third kappa shape index (κ3) is 7.46. The van der Waals surface area contributed by atoms with Gasteiger partial charge in [0.15, 0.2) is 5.96 Å². The summed E-state index contributed by atoms with van der Waals surface area (Å²) in [6.45, 7) is 6.11. The second kappa shape index (κ2) is 11.1. The fraction of sp³-hybridized carbons (Fsp3) is 0.474. The van der Waals surface area contributed by atoms with E-state index in [0.29, 0.717) is 5.92 Å². The molecule has 1 heterocycles. The summed E-state index contributed by atoms with van der Waals surface area (Å²) in [7, 11) is 3.76. The van der Waals surface area contributed by atoms with Gasteiger partial charge in [-0.2, -0.15) is 5.10 Å². The van der Waals surface area contributed by atoms with Crippen molar-refractivity contribution in [2.75, 3.05) is 20.1 Å². The van der Waals surface area contributed by atoms with E-state index in [2.05, 4.69) is 65.0 Å². The maximum absolute atomic E-state index is 4.29. The zero-order valence-electron chi connectivity index (χ0n) is 15.6. The summed E-state index contributed by atoms with van der Waals surface area (Å²) in [6.07, 6.45) is 6.07. The van der Waals surface area contributed by atoms with E-state index in [1.54, 1.807) is 0 Å². The van der Waals surface area contributed by atoms with Crippen LogP contribution in [-0.4, -0.2) is 35.9 Å². The smallest absolute Gasteiger partial charge is 0.190 e. The average Bonchev–Trinajstić information content (AvgIpc) is 3.00. The van der Waals surface area contributed by atoms with Crippen LogP contribution in [0.25, 0.3) is 0 Å². The van der Waals surface area contributed by atoms with E-state index >= 15 is 0 Å². The van der Waals surface area contributed by atoms with Gasteiger partial charge in [-0.15, -0.1) is 24.0 Å². The molecule has 2 rings (SSSR count). The third-order valence-electron chi connectivity index (χ3n) is 4.14. The highest BCUT2D eigenvalue weighted by Gasteiger charge is 2.06. The van der Waals surface area contributed by atoms with Crippen LogP contribution in [0, 0.1) is 6.92 Å². The molecule has 2 N–H and O–H groups in total. The first kappa shape index (κ1) is 21.5. The van der Waals surface area contributed by atoms with Crippen LogP contribution in [0.1, 0.15) is 36.0 Å². The number of aliphatic imine (C=N–C) groups is 1. The summed E-state index contributed by atoms with van der Waals surface area (Å²) in [4.78, 5) is 4.29. The standard InChI is InChI=1S/C19H29N5.HI/c1-15-7-9-18(10-8-15)16(2)12-22-19(20-3)21-11-5-6-17-13-23-24(4)14-17;/h7-10,13-14,16H,5-6,11-12H2,1-4H3,(H2,20,21,22);1H. The van der Waals surface area contributed by atoms with Crippen molar-refractivity contribution in [3.05, 3.63) is 53.3 Å². The Hall–Kier alpha value is -1.57. The Morgan fingerprint density at radius 1 is 1.24 bits per heavy atom. The molecule has 0 amide bonds. The first-order valence-corrected chi connectivity index (χ1v) is 8.57. The molecule has 5 nitrogen and oxygen atoms in total. The van der Waals surface area contributed by atoms with Gasteiger partial charge in [0.05, 0.1) is 6.20 Å². The number of aryl methyl sites for hydroxylation is 3. The highest BCUT2D eigenvalue weighted by Crippen LogP contribution is 2.14. The van der Waals surface area contributed by atoms with Crippen LogP contribution in [-0.2, 0) is 13.5 Å². The van der Waals surface area contributed by atoms with E-state index in [1.165, 1.54) is 16.7 Å². The van der Waals surface area contributed by atoms with Gasteiger partial charge in [0.25, 0.3) is 0 Å². The summed E-state index contributed by atoms with van der Waals surface area (Å²) in [5, 5.41) is 11.0. The highest BCUT2D eigenvalue weighted by molar-refractivity contribution is 14.0. The molecule has 1 atom stereocenters. The summed E-state index contributed by atoms with van der Waals surface area (Å²) in [5.74, 6) is 1.31. The number of guanidine groups is 1. The van der Waals surface area contributed by atoms with Crippen LogP contribution < -0.4 is 10.6 Å². The minimum atomic E-state index is 0. The Bertz CT molecular complexity index is 648. The zero-order valence-corrected chi connectivity index (χ0v) is 18.0. The molecule has 1 aromatic heterocycles. The lowest BCUT2D eigenvalue weighted by atomic mass is 10.0. The summed E-state index contributed by atoms with van der Waals surface area (Å²) in [5.41, 5.74) is 3.92. The Balaban J connectivity index is 0.00000312. The molecule has 25 heavy (non-hydrogen) atoms. The summed E-state index contributed by atoms with van der Waals surface area (Å²) < 4.78 is 1.84. The lowest BCUT2D eigenvalue weighted by molar-refractivity contribution is 0.688. The number of aromatic nitrogens is 2. The molecule has 0 saturated carbocycles. The molecule has 0 aliphatic heterocycles. The van der Waals surface area contributed by atoms with Crippen LogP contribution in [0.15, 0.2) is 41.7 Å². The number of hydrogen-bond acceptors (Lipinski definition) is 2. The molecule has 1 aromatic carbocycles. The van der Waals surface area contributed by atoms with E-state index in [-0.39, 0.29) is 24.0 Å². The lowest BCUT2D eigenvalue weighted by Gasteiger charge is -2.16. The van der Waals surface area contributed by atoms with Crippen LogP contribution >= 0.6 is 24.0 Å². The number of nitrogens with one attached hydrogen (secondary N) is 2. The first-order chi connectivity index (χ1) is 11.6. The number of halogens is 1. The normalized spacial score (nSPS) is 12.4. The van der Waals surface area contributed by atoms with Crippen LogP contribution in [0.3, 0.4) is 0 Å². The van der Waals surface area contributed by atoms with Gasteiger partial charge in [0.2, 0.25) is 0 Å². The minimum absolute atomic E-state index is 0. The second-order valence-corrected chi connectivity index (χ2v) is 6.32. The molecule has 138 valence electrons. The molecule has 0 radical (unpaired) electrons. The van der Waals surface area contributed by atoms with Crippen molar-refractivity contribution in [3.63, 3.8) is 0 Å². The van der Waals surface area contributed by atoms with Gasteiger partial charge in [0, 0.05) is 33.4 Å². The predicted octanol–water partition coefficient (Wildman–Crippen LogP) is 3.25. The Labute approximate surface area is 168 Å². The quantitative estimate of drug-likeness (QED) is 0.292. The van der Waals surface area contributed by atoms with Crippen molar-refractivity contribution in [2.45, 2.75) is 32.6 Å². The van der Waals surface area contributed by atoms with E-state index in [9.17, 15) is 0 Å². The molecule has 0 fully saturated rings. The molecule has 0 bridgehead atoms. The van der Waals surface area contributed by atoms with Gasteiger partial charge in [0.1, 0.15) is 0 Å². The molecule has 0 saturated heterocycles. The van der Waals surface area contributed by atoms with Crippen molar-refractivity contribution in [1.29, 1.82) is 0 Å². The number of nitrogens with zero attached hydrogens (tertiary/aromatic N) is 3. The van der Waals surface area contributed by atoms with Crippen LogP contribution in [0.4, 0.5) is 0 Å². The molecular formula is C19H30IN5. The molecule has 0 aliphatic rings. The zero-order chi connectivity index (χ0) is 17.4. The van der Waals surface area contributed by atoms with Gasteiger partial charge in [-0.1, -0.05) is 36.8 Å². The van der Waals surface area contributed by atoms with Gasteiger partial charge in [-0.05, 0) is 36.8 Å². The topological polar surface area (TPSA) is 54.2 Å². The van der Waals surface area contributed by atoms with E-state index in [4.69, 9.17) is 0 Å². The number of rotatable bonds is 7. The van der Waals surface area contributed by atoms with Crippen LogP contribution in [0.2, 0.25) is 0 Å². The van der Waals surface area contributed by atoms with Gasteiger partial charge in [-0.3, -0.25) is 9.67 Å². The predicted molar refractivity (Wildman–Crippen MR) is 116 cm³/mol. The van der Waals surface area contributed by atoms with E-state index in [0.717, 1.165) is 31.9 Å². The largest absolute Gasteiger partial charge is 0.356 e. The average molecular weight is 455 g/mol. The molecule has 6 heteroatoms. The fourth-order valence-corrected chi connectivity index (χ4v) is 2.58. The molecule has 0 aliphatic carbocycles. The minimum Gasteiger partial charge on any atom is -0.356 e. The lowest BCUT2D eigenvalue weighted by Crippen LogP contribution is -2.39. The maximum Gasteiger partial charge on any atom is 0.190 e. The summed E-state index contributed by atoms with van der Waals surface area (Å²) in [6, 6.07) is 8.73. The van der Waals surface area contributed by atoms with Crippen molar-refractivity contribution >= 4 is 29.9 Å².